The summed E-state index contributed by atoms with van der Waals surface area (Å²) in [5.74, 6) is 1.55. The quantitative estimate of drug-likeness (QED) is 0.548. The number of morpholine rings is 1. The standard InChI is InChI=1S/C23H28N6O3S/c1-14-10-18(4-5-24-14)32-27-19-13-20-21(26-23(33-20)28-6-8-31-9-7-28)25-22(19)29-15-2-3-16(29)12-17(30)11-15/h4-5,10,13,15-17,27,30H,2-3,6-9,11-12H2,1H3. The van der Waals surface area contributed by atoms with Gasteiger partial charge in [-0.25, -0.2) is 10.5 Å². The van der Waals surface area contributed by atoms with Crippen molar-refractivity contribution in [2.75, 3.05) is 41.6 Å². The van der Waals surface area contributed by atoms with E-state index in [0.29, 0.717) is 5.75 Å². The number of thiazole rings is 1. The first kappa shape index (κ1) is 20.9. The van der Waals surface area contributed by atoms with Crippen LogP contribution >= 0.6 is 11.3 Å². The van der Waals surface area contributed by atoms with Crippen LogP contribution in [0.5, 0.6) is 5.75 Å². The van der Waals surface area contributed by atoms with Crippen LogP contribution in [0, 0.1) is 6.92 Å². The van der Waals surface area contributed by atoms with Crippen LogP contribution in [0.2, 0.25) is 0 Å². The van der Waals surface area contributed by atoms with E-state index >= 15 is 0 Å². The summed E-state index contributed by atoms with van der Waals surface area (Å²) in [6, 6.07) is 6.38. The number of piperidine rings is 1. The molecule has 33 heavy (non-hydrogen) atoms. The molecule has 2 atom stereocenters. The van der Waals surface area contributed by atoms with Gasteiger partial charge in [0.05, 0.1) is 24.0 Å². The number of aryl methyl sites for hydroxylation is 1. The van der Waals surface area contributed by atoms with E-state index in [1.54, 1.807) is 17.5 Å². The summed E-state index contributed by atoms with van der Waals surface area (Å²) >= 11 is 1.65. The molecule has 2 bridgehead atoms. The monoisotopic (exact) mass is 468 g/mol. The van der Waals surface area contributed by atoms with E-state index in [1.807, 2.05) is 19.1 Å². The molecular weight excluding hydrogens is 440 g/mol. The van der Waals surface area contributed by atoms with Gasteiger partial charge in [0.25, 0.3) is 0 Å². The zero-order valence-electron chi connectivity index (χ0n) is 18.6. The summed E-state index contributed by atoms with van der Waals surface area (Å²) in [7, 11) is 0. The van der Waals surface area contributed by atoms with Crippen LogP contribution in [0.25, 0.3) is 10.3 Å². The van der Waals surface area contributed by atoms with Crippen molar-refractivity contribution in [2.24, 2.45) is 0 Å². The molecule has 0 aromatic carbocycles. The highest BCUT2D eigenvalue weighted by atomic mass is 32.1. The van der Waals surface area contributed by atoms with Gasteiger partial charge in [-0.3, -0.25) is 4.98 Å². The topological polar surface area (TPSA) is 95.9 Å². The number of ether oxygens (including phenoxy) is 1. The normalized spacial score (nSPS) is 25.0. The molecule has 3 fully saturated rings. The van der Waals surface area contributed by atoms with Crippen LogP contribution in [0.3, 0.4) is 0 Å². The Bertz CT molecular complexity index is 1140. The number of aliphatic hydroxyl groups excluding tert-OH is 1. The van der Waals surface area contributed by atoms with Gasteiger partial charge in [-0.1, -0.05) is 11.3 Å². The molecule has 3 aromatic heterocycles. The summed E-state index contributed by atoms with van der Waals surface area (Å²) in [5.41, 5.74) is 5.64. The maximum Gasteiger partial charge on any atom is 0.188 e. The van der Waals surface area contributed by atoms with Gasteiger partial charge >= 0.3 is 0 Å². The SMILES string of the molecule is Cc1cc(ONc2cc3sc(N4CCOCC4)nc3nc2N2C3CCC2CC(O)C3)ccn1. The van der Waals surface area contributed by atoms with E-state index in [0.717, 1.165) is 84.7 Å². The molecule has 3 aliphatic rings. The number of aliphatic hydroxyl groups is 1. The summed E-state index contributed by atoms with van der Waals surface area (Å²) in [6.07, 6.45) is 5.19. The molecule has 2 N–H and O–H groups in total. The van der Waals surface area contributed by atoms with Crippen LogP contribution in [0.1, 0.15) is 31.4 Å². The lowest BCUT2D eigenvalue weighted by Crippen LogP contribution is -2.45. The minimum absolute atomic E-state index is 0.234. The molecule has 3 saturated heterocycles. The highest BCUT2D eigenvalue weighted by Crippen LogP contribution is 2.43. The average Bonchev–Trinajstić information content (AvgIpc) is 3.35. The van der Waals surface area contributed by atoms with E-state index in [9.17, 15) is 5.11 Å². The number of anilines is 3. The number of hydrogen-bond donors (Lipinski definition) is 2. The van der Waals surface area contributed by atoms with Gasteiger partial charge in [-0.05, 0) is 38.7 Å². The number of fused-ring (bicyclic) bond motifs is 3. The number of nitrogens with zero attached hydrogens (tertiary/aromatic N) is 5. The van der Waals surface area contributed by atoms with Crippen molar-refractivity contribution in [1.29, 1.82) is 0 Å². The molecular formula is C23H28N6O3S. The second-order valence-electron chi connectivity index (χ2n) is 9.03. The van der Waals surface area contributed by atoms with Gasteiger partial charge in [0.15, 0.2) is 22.3 Å². The summed E-state index contributed by atoms with van der Waals surface area (Å²) in [4.78, 5) is 24.7. The van der Waals surface area contributed by atoms with Crippen molar-refractivity contribution in [3.8, 4) is 5.75 Å². The van der Waals surface area contributed by atoms with Crippen LogP contribution in [0.4, 0.5) is 16.6 Å². The predicted octanol–water partition coefficient (Wildman–Crippen LogP) is 3.13. The van der Waals surface area contributed by atoms with Crippen molar-refractivity contribution in [3.63, 3.8) is 0 Å². The molecule has 0 saturated carbocycles. The van der Waals surface area contributed by atoms with Gasteiger partial charge in [0.1, 0.15) is 5.69 Å². The van der Waals surface area contributed by atoms with E-state index in [2.05, 4.69) is 26.3 Å². The summed E-state index contributed by atoms with van der Waals surface area (Å²) in [6.45, 7) is 5.07. The van der Waals surface area contributed by atoms with Gasteiger partial charge in [0, 0.05) is 49.2 Å². The molecule has 3 aliphatic heterocycles. The van der Waals surface area contributed by atoms with Crippen molar-refractivity contribution in [1.82, 2.24) is 15.0 Å². The maximum absolute atomic E-state index is 10.3. The first-order valence-corrected chi connectivity index (χ1v) is 12.4. The Morgan fingerprint density at radius 2 is 1.94 bits per heavy atom. The van der Waals surface area contributed by atoms with Crippen LogP contribution in [-0.4, -0.2) is 64.5 Å². The van der Waals surface area contributed by atoms with Crippen molar-refractivity contribution >= 4 is 38.3 Å². The molecule has 0 amide bonds. The first-order chi connectivity index (χ1) is 16.1. The Kier molecular flexibility index (Phi) is 5.43. The molecule has 9 nitrogen and oxygen atoms in total. The molecule has 2 unspecified atom stereocenters. The lowest BCUT2D eigenvalue weighted by atomic mass is 10.00. The third-order valence-electron chi connectivity index (χ3n) is 6.73. The second-order valence-corrected chi connectivity index (χ2v) is 10.0. The van der Waals surface area contributed by atoms with Crippen LogP contribution < -0.4 is 20.1 Å². The largest absolute Gasteiger partial charge is 0.393 e. The molecule has 3 aromatic rings. The molecule has 174 valence electrons. The van der Waals surface area contributed by atoms with E-state index < -0.39 is 0 Å². The number of aromatic nitrogens is 3. The second kappa shape index (κ2) is 8.58. The van der Waals surface area contributed by atoms with Crippen molar-refractivity contribution < 1.29 is 14.7 Å². The van der Waals surface area contributed by atoms with Gasteiger partial charge in [-0.15, -0.1) is 0 Å². The van der Waals surface area contributed by atoms with Crippen LogP contribution in [0.15, 0.2) is 24.4 Å². The van der Waals surface area contributed by atoms with Gasteiger partial charge < -0.3 is 24.5 Å². The third kappa shape index (κ3) is 4.07. The zero-order chi connectivity index (χ0) is 22.4. The molecule has 6 heterocycles. The number of nitrogens with one attached hydrogen (secondary N) is 1. The van der Waals surface area contributed by atoms with Crippen LogP contribution in [-0.2, 0) is 4.74 Å². The number of pyridine rings is 2. The van der Waals surface area contributed by atoms with Crippen molar-refractivity contribution in [3.05, 3.63) is 30.1 Å². The number of hydrogen-bond acceptors (Lipinski definition) is 10. The minimum atomic E-state index is -0.234. The first-order valence-electron chi connectivity index (χ1n) is 11.6. The Morgan fingerprint density at radius 1 is 1.15 bits per heavy atom. The highest BCUT2D eigenvalue weighted by Gasteiger charge is 2.42. The van der Waals surface area contributed by atoms with Gasteiger partial charge in [0.2, 0.25) is 0 Å². The van der Waals surface area contributed by atoms with Gasteiger partial charge in [-0.2, -0.15) is 4.98 Å². The van der Waals surface area contributed by atoms with E-state index in [-0.39, 0.29) is 18.2 Å². The van der Waals surface area contributed by atoms with E-state index in [4.69, 9.17) is 19.5 Å². The Balaban J connectivity index is 1.37. The number of rotatable bonds is 5. The molecule has 10 heteroatoms. The Hall–Kier alpha value is -2.69. The highest BCUT2D eigenvalue weighted by molar-refractivity contribution is 7.22. The minimum Gasteiger partial charge on any atom is -0.393 e. The fourth-order valence-electron chi connectivity index (χ4n) is 5.20. The average molecular weight is 469 g/mol. The summed E-state index contributed by atoms with van der Waals surface area (Å²) in [5, 5.41) is 11.3. The fourth-order valence-corrected chi connectivity index (χ4v) is 6.20. The zero-order valence-corrected chi connectivity index (χ0v) is 19.4. The maximum atomic E-state index is 10.3. The molecule has 0 aliphatic carbocycles. The summed E-state index contributed by atoms with van der Waals surface area (Å²) < 4.78 is 6.51. The fraction of sp³-hybridized carbons (Fsp3) is 0.522. The Labute approximate surface area is 196 Å². The molecule has 0 spiro atoms. The Morgan fingerprint density at radius 3 is 2.70 bits per heavy atom. The third-order valence-corrected chi connectivity index (χ3v) is 7.79. The molecule has 6 rings (SSSR count). The van der Waals surface area contributed by atoms with E-state index in [1.165, 1.54) is 0 Å². The predicted molar refractivity (Wildman–Crippen MR) is 128 cm³/mol. The van der Waals surface area contributed by atoms with Crippen molar-refractivity contribution in [2.45, 2.75) is 50.8 Å². The lowest BCUT2D eigenvalue weighted by molar-refractivity contribution is 0.122. The lowest BCUT2D eigenvalue weighted by Gasteiger charge is -2.38. The smallest absolute Gasteiger partial charge is 0.188 e. The molecule has 0 radical (unpaired) electrons.